The number of hydrogen-bond donors (Lipinski definition) is 0. The summed E-state index contributed by atoms with van der Waals surface area (Å²) in [4.78, 5) is 26.9. The van der Waals surface area contributed by atoms with Crippen molar-refractivity contribution >= 4 is 23.5 Å². The van der Waals surface area contributed by atoms with Crippen molar-refractivity contribution in [1.82, 2.24) is 0 Å². The first-order valence-electron chi connectivity index (χ1n) is 7.79. The fourth-order valence-electron chi connectivity index (χ4n) is 2.21. The molecule has 0 aliphatic heterocycles. The van der Waals surface area contributed by atoms with Gasteiger partial charge in [-0.25, -0.2) is 4.79 Å². The number of carbonyl (C=O) groups excluding carboxylic acids is 2. The van der Waals surface area contributed by atoms with E-state index in [2.05, 4.69) is 0 Å². The van der Waals surface area contributed by atoms with E-state index in [4.69, 9.17) is 4.74 Å². The number of nitrogens with zero attached hydrogens (tertiary/aromatic N) is 1. The molecule has 0 fully saturated rings. The molecule has 0 bridgehead atoms. The van der Waals surface area contributed by atoms with Crippen LogP contribution in [-0.4, -0.2) is 32.5 Å². The van der Waals surface area contributed by atoms with Crippen molar-refractivity contribution in [3.8, 4) is 0 Å². The van der Waals surface area contributed by atoms with Crippen molar-refractivity contribution in [1.29, 1.82) is 0 Å². The number of carbonyl (C=O) groups is 2. The zero-order valence-corrected chi connectivity index (χ0v) is 14.2. The van der Waals surface area contributed by atoms with Gasteiger partial charge in [-0.15, -0.1) is 0 Å². The van der Waals surface area contributed by atoms with Crippen LogP contribution < -0.4 is 4.90 Å². The van der Waals surface area contributed by atoms with Crippen LogP contribution in [0.5, 0.6) is 0 Å². The number of esters is 1. The molecule has 0 unspecified atom stereocenters. The Balaban J connectivity index is 2.38. The van der Waals surface area contributed by atoms with E-state index >= 15 is 0 Å². The van der Waals surface area contributed by atoms with Crippen LogP contribution in [0.4, 0.5) is 5.69 Å². The predicted octanol–water partition coefficient (Wildman–Crippen LogP) is 3.58. The lowest BCUT2D eigenvalue weighted by molar-refractivity contribution is -0.137. The second kappa shape index (κ2) is 8.11. The van der Waals surface area contributed by atoms with Gasteiger partial charge in [0.2, 0.25) is 0 Å². The van der Waals surface area contributed by atoms with E-state index in [1.54, 1.807) is 37.3 Å². The Labute approximate surface area is 142 Å². The number of hydrogen-bond acceptors (Lipinski definition) is 4. The third-order valence-electron chi connectivity index (χ3n) is 3.50. The first-order chi connectivity index (χ1) is 11.5. The zero-order chi connectivity index (χ0) is 17.5. The molecule has 0 aliphatic rings. The molecule has 0 aliphatic carbocycles. The van der Waals surface area contributed by atoms with Crippen LogP contribution in [0, 0.1) is 0 Å². The molecule has 0 spiro atoms. The number of Topliss-reactive ketones (excluding diaryl/α,β-unsaturated/α-hetero) is 1. The smallest absolute Gasteiger partial charge is 0.342 e. The predicted molar refractivity (Wildman–Crippen MR) is 96.2 cm³/mol. The van der Waals surface area contributed by atoms with Gasteiger partial charge in [0.05, 0.1) is 6.61 Å². The van der Waals surface area contributed by atoms with Crippen LogP contribution in [0.1, 0.15) is 22.8 Å². The summed E-state index contributed by atoms with van der Waals surface area (Å²) in [6.07, 6.45) is 1.58. The van der Waals surface area contributed by atoms with E-state index < -0.39 is 5.97 Å². The molecule has 0 atom stereocenters. The minimum Gasteiger partial charge on any atom is -0.462 e. The van der Waals surface area contributed by atoms with Gasteiger partial charge in [-0.1, -0.05) is 42.5 Å². The second-order valence-corrected chi connectivity index (χ2v) is 5.46. The molecule has 4 nitrogen and oxygen atoms in total. The van der Waals surface area contributed by atoms with Crippen LogP contribution in [0.25, 0.3) is 6.08 Å². The molecule has 124 valence electrons. The number of ether oxygens (including phenoxy) is 1. The van der Waals surface area contributed by atoms with Gasteiger partial charge in [0, 0.05) is 25.3 Å². The standard InChI is InChI=1S/C20H21NO3/c1-4-24-20(23)18(19(22)16-8-6-5-7-9-16)14-15-10-12-17(13-11-15)21(2)3/h5-14H,4H2,1-3H3/b18-14+. The minimum atomic E-state index is -0.608. The number of rotatable bonds is 6. The highest BCUT2D eigenvalue weighted by Crippen LogP contribution is 2.18. The van der Waals surface area contributed by atoms with Crippen LogP contribution in [-0.2, 0) is 9.53 Å². The molecule has 0 saturated heterocycles. The van der Waals surface area contributed by atoms with Gasteiger partial charge in [-0.2, -0.15) is 0 Å². The molecular formula is C20H21NO3. The van der Waals surface area contributed by atoms with Crippen LogP contribution in [0.3, 0.4) is 0 Å². The first-order valence-corrected chi connectivity index (χ1v) is 7.79. The fourth-order valence-corrected chi connectivity index (χ4v) is 2.21. The Bertz CT molecular complexity index is 731. The summed E-state index contributed by atoms with van der Waals surface area (Å²) in [5, 5.41) is 0. The number of anilines is 1. The molecule has 0 heterocycles. The highest BCUT2D eigenvalue weighted by atomic mass is 16.5. The van der Waals surface area contributed by atoms with Gasteiger partial charge in [-0.05, 0) is 30.7 Å². The van der Waals surface area contributed by atoms with Gasteiger partial charge in [0.25, 0.3) is 0 Å². The third kappa shape index (κ3) is 4.32. The van der Waals surface area contributed by atoms with Crippen LogP contribution >= 0.6 is 0 Å². The van der Waals surface area contributed by atoms with Crippen molar-refractivity contribution in [3.05, 3.63) is 71.3 Å². The molecule has 0 saturated carbocycles. The Morgan fingerprint density at radius 2 is 1.62 bits per heavy atom. The summed E-state index contributed by atoms with van der Waals surface area (Å²) in [5.74, 6) is -0.950. The fraction of sp³-hybridized carbons (Fsp3) is 0.200. The first kappa shape index (κ1) is 17.5. The number of benzene rings is 2. The summed E-state index contributed by atoms with van der Waals surface area (Å²) < 4.78 is 5.04. The molecule has 0 amide bonds. The van der Waals surface area contributed by atoms with Gasteiger partial charge < -0.3 is 9.64 Å². The van der Waals surface area contributed by atoms with Gasteiger partial charge >= 0.3 is 5.97 Å². The largest absolute Gasteiger partial charge is 0.462 e. The van der Waals surface area contributed by atoms with E-state index in [0.717, 1.165) is 11.3 Å². The molecule has 2 aromatic rings. The zero-order valence-electron chi connectivity index (χ0n) is 14.2. The maximum absolute atomic E-state index is 12.7. The molecular weight excluding hydrogens is 302 g/mol. The van der Waals surface area contributed by atoms with Crippen LogP contribution in [0.2, 0.25) is 0 Å². The average Bonchev–Trinajstić information content (AvgIpc) is 2.60. The monoisotopic (exact) mass is 323 g/mol. The van der Waals surface area contributed by atoms with Crippen molar-refractivity contribution in [2.75, 3.05) is 25.6 Å². The van der Waals surface area contributed by atoms with E-state index in [1.807, 2.05) is 49.3 Å². The van der Waals surface area contributed by atoms with E-state index in [9.17, 15) is 9.59 Å². The third-order valence-corrected chi connectivity index (χ3v) is 3.50. The lowest BCUT2D eigenvalue weighted by Crippen LogP contribution is -2.16. The van der Waals surface area contributed by atoms with Crippen molar-refractivity contribution < 1.29 is 14.3 Å². The lowest BCUT2D eigenvalue weighted by atomic mass is 10.0. The maximum atomic E-state index is 12.7. The summed E-state index contributed by atoms with van der Waals surface area (Å²) in [5.41, 5.74) is 2.30. The van der Waals surface area contributed by atoms with Crippen molar-refractivity contribution in [2.24, 2.45) is 0 Å². The Kier molecular flexibility index (Phi) is 5.90. The summed E-state index contributed by atoms with van der Waals surface area (Å²) in [6, 6.07) is 16.3. The molecule has 24 heavy (non-hydrogen) atoms. The summed E-state index contributed by atoms with van der Waals surface area (Å²) in [6.45, 7) is 1.94. The lowest BCUT2D eigenvalue weighted by Gasteiger charge is -2.12. The minimum absolute atomic E-state index is 0.0284. The Hall–Kier alpha value is -2.88. The van der Waals surface area contributed by atoms with Gasteiger partial charge in [0.15, 0.2) is 5.78 Å². The molecule has 0 aromatic heterocycles. The van der Waals surface area contributed by atoms with Gasteiger partial charge in [-0.3, -0.25) is 4.79 Å². The van der Waals surface area contributed by atoms with Crippen molar-refractivity contribution in [3.63, 3.8) is 0 Å². The van der Waals surface area contributed by atoms with Crippen LogP contribution in [0.15, 0.2) is 60.2 Å². The summed E-state index contributed by atoms with van der Waals surface area (Å²) in [7, 11) is 3.90. The SMILES string of the molecule is CCOC(=O)/C(=C/c1ccc(N(C)C)cc1)C(=O)c1ccccc1. The average molecular weight is 323 g/mol. The Morgan fingerprint density at radius 1 is 1.00 bits per heavy atom. The molecule has 4 heteroatoms. The topological polar surface area (TPSA) is 46.6 Å². The van der Waals surface area contributed by atoms with E-state index in [0.29, 0.717) is 5.56 Å². The summed E-state index contributed by atoms with van der Waals surface area (Å²) >= 11 is 0. The highest BCUT2D eigenvalue weighted by molar-refractivity contribution is 6.26. The van der Waals surface area contributed by atoms with Crippen molar-refractivity contribution in [2.45, 2.75) is 6.92 Å². The highest BCUT2D eigenvalue weighted by Gasteiger charge is 2.21. The second-order valence-electron chi connectivity index (χ2n) is 5.46. The maximum Gasteiger partial charge on any atom is 0.342 e. The Morgan fingerprint density at radius 3 is 2.17 bits per heavy atom. The molecule has 2 rings (SSSR count). The quantitative estimate of drug-likeness (QED) is 0.268. The number of ketones is 1. The normalized spacial score (nSPS) is 11.0. The van der Waals surface area contributed by atoms with E-state index in [-0.39, 0.29) is 18.0 Å². The molecule has 0 radical (unpaired) electrons. The van der Waals surface area contributed by atoms with Gasteiger partial charge in [0.1, 0.15) is 5.57 Å². The molecule has 0 N–H and O–H groups in total. The van der Waals surface area contributed by atoms with E-state index in [1.165, 1.54) is 0 Å². The molecule has 2 aromatic carbocycles.